The van der Waals surface area contributed by atoms with Crippen molar-refractivity contribution in [2.45, 2.75) is 51.6 Å². The largest absolute Gasteiger partial charge is 0.479 e. The maximum absolute atomic E-state index is 12.2. The first-order chi connectivity index (χ1) is 10.3. The molecule has 0 aliphatic carbocycles. The molecule has 0 atom stereocenters. The van der Waals surface area contributed by atoms with Crippen LogP contribution < -0.4 is 0 Å². The molecule has 6 heteroatoms. The topological polar surface area (TPSA) is 77.8 Å². The van der Waals surface area contributed by atoms with Crippen molar-refractivity contribution < 1.29 is 19.8 Å². The molecule has 1 aliphatic heterocycles. The maximum atomic E-state index is 12.2. The Morgan fingerprint density at radius 1 is 1.32 bits per heavy atom. The summed E-state index contributed by atoms with van der Waals surface area (Å²) in [4.78, 5) is 27.4. The van der Waals surface area contributed by atoms with Gasteiger partial charge in [-0.05, 0) is 38.3 Å². The van der Waals surface area contributed by atoms with E-state index in [-0.39, 0.29) is 18.7 Å². The number of aliphatic hydroxyl groups is 1. The van der Waals surface area contributed by atoms with Gasteiger partial charge >= 0.3 is 5.97 Å². The van der Waals surface area contributed by atoms with Crippen LogP contribution in [0.25, 0.3) is 0 Å². The molecule has 122 valence electrons. The van der Waals surface area contributed by atoms with E-state index in [1.165, 1.54) is 15.3 Å². The molecule has 1 saturated heterocycles. The summed E-state index contributed by atoms with van der Waals surface area (Å²) in [5, 5.41) is 18.8. The molecule has 1 amide bonds. The number of carbonyl (C=O) groups is 2. The van der Waals surface area contributed by atoms with Gasteiger partial charge in [-0.1, -0.05) is 0 Å². The number of aliphatic carboxylic acids is 1. The molecule has 1 fully saturated rings. The minimum absolute atomic E-state index is 0.0528. The van der Waals surface area contributed by atoms with Crippen LogP contribution in [0.15, 0.2) is 6.07 Å². The molecule has 2 N–H and O–H groups in total. The van der Waals surface area contributed by atoms with Crippen LogP contribution in [-0.2, 0) is 16.0 Å². The number of aryl methyl sites for hydroxylation is 3. The van der Waals surface area contributed by atoms with Crippen molar-refractivity contribution in [2.24, 2.45) is 0 Å². The zero-order chi connectivity index (χ0) is 16.3. The summed E-state index contributed by atoms with van der Waals surface area (Å²) >= 11 is 1.78. The molecule has 5 nitrogen and oxygen atoms in total. The number of thiophene rings is 1. The fraction of sp³-hybridized carbons (Fsp3) is 0.625. The molecule has 1 aliphatic rings. The van der Waals surface area contributed by atoms with Crippen LogP contribution in [0.2, 0.25) is 0 Å². The smallest absolute Gasteiger partial charge is 0.335 e. The summed E-state index contributed by atoms with van der Waals surface area (Å²) < 4.78 is 0. The molecule has 0 bridgehead atoms. The van der Waals surface area contributed by atoms with E-state index in [2.05, 4.69) is 19.9 Å². The van der Waals surface area contributed by atoms with E-state index >= 15 is 0 Å². The van der Waals surface area contributed by atoms with E-state index in [0.29, 0.717) is 19.5 Å². The number of carboxylic acid groups (broad SMARTS) is 1. The monoisotopic (exact) mass is 325 g/mol. The zero-order valence-corrected chi connectivity index (χ0v) is 13.9. The van der Waals surface area contributed by atoms with Gasteiger partial charge in [0.2, 0.25) is 5.91 Å². The average molecular weight is 325 g/mol. The summed E-state index contributed by atoms with van der Waals surface area (Å²) in [5.74, 6) is -1.14. The maximum Gasteiger partial charge on any atom is 0.335 e. The van der Waals surface area contributed by atoms with Gasteiger partial charge < -0.3 is 15.1 Å². The second-order valence-electron chi connectivity index (χ2n) is 6.01. The van der Waals surface area contributed by atoms with Gasteiger partial charge in [0.05, 0.1) is 0 Å². The number of hydrogen-bond acceptors (Lipinski definition) is 4. The molecule has 2 heterocycles. The Hall–Kier alpha value is -1.40. The molecule has 0 unspecified atom stereocenters. The lowest BCUT2D eigenvalue weighted by Gasteiger charge is -2.35. The van der Waals surface area contributed by atoms with E-state index < -0.39 is 11.6 Å². The van der Waals surface area contributed by atoms with Gasteiger partial charge in [0.25, 0.3) is 0 Å². The predicted octanol–water partition coefficient (Wildman–Crippen LogP) is 2.13. The molecule has 1 aromatic heterocycles. The van der Waals surface area contributed by atoms with Crippen LogP contribution in [0.5, 0.6) is 0 Å². The SMILES string of the molecule is Cc1cc(CCCC(=O)N2CCC(O)(C(=O)O)CC2)c(C)s1. The van der Waals surface area contributed by atoms with Crippen LogP contribution in [0.3, 0.4) is 0 Å². The average Bonchev–Trinajstić information content (AvgIpc) is 2.77. The quantitative estimate of drug-likeness (QED) is 0.869. The lowest BCUT2D eigenvalue weighted by atomic mass is 9.91. The van der Waals surface area contributed by atoms with Gasteiger partial charge in [-0.2, -0.15) is 0 Å². The Balaban J connectivity index is 1.77. The minimum atomic E-state index is -1.66. The van der Waals surface area contributed by atoms with Crippen molar-refractivity contribution in [3.8, 4) is 0 Å². The predicted molar refractivity (Wildman–Crippen MR) is 85.1 cm³/mol. The molecular weight excluding hydrogens is 302 g/mol. The molecule has 0 spiro atoms. The second-order valence-corrected chi connectivity index (χ2v) is 7.47. The standard InChI is InChI=1S/C16H23NO4S/c1-11-10-13(12(2)22-11)4-3-5-14(18)17-8-6-16(21,7-9-17)15(19)20/h10,21H,3-9H2,1-2H3,(H,19,20). The van der Waals surface area contributed by atoms with Gasteiger partial charge in [0, 0.05) is 42.1 Å². The van der Waals surface area contributed by atoms with Crippen molar-refractivity contribution in [2.75, 3.05) is 13.1 Å². The highest BCUT2D eigenvalue weighted by Gasteiger charge is 2.40. The van der Waals surface area contributed by atoms with Crippen molar-refractivity contribution in [3.05, 3.63) is 21.4 Å². The number of hydrogen-bond donors (Lipinski definition) is 2. The third kappa shape index (κ3) is 3.87. The van der Waals surface area contributed by atoms with Crippen molar-refractivity contribution in [1.82, 2.24) is 4.90 Å². The Morgan fingerprint density at radius 3 is 2.45 bits per heavy atom. The van der Waals surface area contributed by atoms with E-state index in [4.69, 9.17) is 5.11 Å². The van der Waals surface area contributed by atoms with E-state index in [1.54, 1.807) is 16.2 Å². The summed E-state index contributed by atoms with van der Waals surface area (Å²) in [5.41, 5.74) is -0.351. The van der Waals surface area contributed by atoms with Crippen molar-refractivity contribution >= 4 is 23.2 Å². The minimum Gasteiger partial charge on any atom is -0.479 e. The number of nitrogens with zero attached hydrogens (tertiary/aromatic N) is 1. The highest BCUT2D eigenvalue weighted by molar-refractivity contribution is 7.12. The Morgan fingerprint density at radius 2 is 1.95 bits per heavy atom. The summed E-state index contributed by atoms with van der Waals surface area (Å²) in [6.07, 6.45) is 2.39. The highest BCUT2D eigenvalue weighted by atomic mass is 32.1. The molecule has 0 radical (unpaired) electrons. The van der Waals surface area contributed by atoms with Crippen LogP contribution >= 0.6 is 11.3 Å². The van der Waals surface area contributed by atoms with Crippen molar-refractivity contribution in [3.63, 3.8) is 0 Å². The molecule has 22 heavy (non-hydrogen) atoms. The van der Waals surface area contributed by atoms with Crippen LogP contribution in [-0.4, -0.2) is 45.7 Å². The van der Waals surface area contributed by atoms with Crippen LogP contribution in [0.1, 0.15) is 41.0 Å². The first kappa shape index (κ1) is 17.0. The number of piperidine rings is 1. The normalized spacial score (nSPS) is 17.5. The number of carbonyl (C=O) groups excluding carboxylic acids is 1. The van der Waals surface area contributed by atoms with E-state index in [0.717, 1.165) is 12.8 Å². The summed E-state index contributed by atoms with van der Waals surface area (Å²) in [6.45, 7) is 4.83. The highest BCUT2D eigenvalue weighted by Crippen LogP contribution is 2.24. The molecule has 0 aromatic carbocycles. The first-order valence-corrected chi connectivity index (χ1v) is 8.43. The third-order valence-corrected chi connectivity index (χ3v) is 5.33. The lowest BCUT2D eigenvalue weighted by Crippen LogP contribution is -2.50. The second kappa shape index (κ2) is 6.79. The fourth-order valence-electron chi connectivity index (χ4n) is 2.86. The number of likely N-dealkylation sites (tertiary alicyclic amines) is 1. The number of rotatable bonds is 5. The molecular formula is C16H23NO4S. The summed E-state index contributed by atoms with van der Waals surface area (Å²) in [7, 11) is 0. The molecule has 1 aromatic rings. The van der Waals surface area contributed by atoms with Crippen LogP contribution in [0.4, 0.5) is 0 Å². The summed E-state index contributed by atoms with van der Waals surface area (Å²) in [6, 6.07) is 2.18. The van der Waals surface area contributed by atoms with Crippen LogP contribution in [0, 0.1) is 13.8 Å². The van der Waals surface area contributed by atoms with Crippen molar-refractivity contribution in [1.29, 1.82) is 0 Å². The van der Waals surface area contributed by atoms with Gasteiger partial charge in [-0.15, -0.1) is 11.3 Å². The first-order valence-electron chi connectivity index (χ1n) is 7.61. The Kier molecular flexibility index (Phi) is 5.24. The Labute approximate surface area is 134 Å². The number of amides is 1. The zero-order valence-electron chi connectivity index (χ0n) is 13.1. The van der Waals surface area contributed by atoms with Gasteiger partial charge in [0.15, 0.2) is 5.60 Å². The van der Waals surface area contributed by atoms with Gasteiger partial charge in [0.1, 0.15) is 0 Å². The van der Waals surface area contributed by atoms with E-state index in [9.17, 15) is 14.7 Å². The Bertz CT molecular complexity index is 558. The van der Waals surface area contributed by atoms with E-state index in [1.807, 2.05) is 0 Å². The lowest BCUT2D eigenvalue weighted by molar-refractivity contribution is -0.165. The fourth-order valence-corrected chi connectivity index (χ4v) is 3.84. The molecule has 0 saturated carbocycles. The third-order valence-electron chi connectivity index (χ3n) is 4.32. The van der Waals surface area contributed by atoms with Gasteiger partial charge in [-0.3, -0.25) is 4.79 Å². The number of carboxylic acids is 1. The van der Waals surface area contributed by atoms with Gasteiger partial charge in [-0.25, -0.2) is 4.79 Å². The molecule has 2 rings (SSSR count).